The van der Waals surface area contributed by atoms with Gasteiger partial charge >= 0.3 is 0 Å². The first kappa shape index (κ1) is 12.2. The van der Waals surface area contributed by atoms with Gasteiger partial charge < -0.3 is 5.73 Å². The molecular weight excluding hydrogens is 232 g/mol. The Morgan fingerprint density at radius 3 is 2.72 bits per heavy atom. The molecule has 0 aliphatic carbocycles. The molecule has 18 heavy (non-hydrogen) atoms. The Morgan fingerprint density at radius 1 is 1.44 bits per heavy atom. The standard InChI is InChI=1S/C11H14N6O/c1-17-15-11(14-16-17)13-10(18)9(7-12)8-5-3-2-4-6-8/h2-6,9H,7,12H2,1H3,(H,13,15,18). The lowest BCUT2D eigenvalue weighted by atomic mass is 9.98. The summed E-state index contributed by atoms with van der Waals surface area (Å²) in [6.07, 6.45) is 0. The largest absolute Gasteiger partial charge is 0.329 e. The van der Waals surface area contributed by atoms with Gasteiger partial charge in [-0.2, -0.15) is 4.80 Å². The molecule has 1 aromatic heterocycles. The van der Waals surface area contributed by atoms with Crippen LogP contribution in [0.5, 0.6) is 0 Å². The first-order valence-electron chi connectivity index (χ1n) is 5.50. The number of nitrogens with one attached hydrogen (secondary N) is 1. The first-order valence-corrected chi connectivity index (χ1v) is 5.50. The van der Waals surface area contributed by atoms with E-state index in [1.807, 2.05) is 30.3 Å². The van der Waals surface area contributed by atoms with Gasteiger partial charge in [-0.1, -0.05) is 35.4 Å². The minimum atomic E-state index is -0.421. The Kier molecular flexibility index (Phi) is 3.63. The van der Waals surface area contributed by atoms with Crippen LogP contribution < -0.4 is 11.1 Å². The van der Waals surface area contributed by atoms with Crippen molar-refractivity contribution in [3.63, 3.8) is 0 Å². The predicted molar refractivity (Wildman–Crippen MR) is 65.7 cm³/mol. The zero-order valence-corrected chi connectivity index (χ0v) is 9.95. The molecular formula is C11H14N6O. The molecule has 1 atom stereocenters. The average Bonchev–Trinajstić information content (AvgIpc) is 2.77. The van der Waals surface area contributed by atoms with Crippen LogP contribution in [0, 0.1) is 0 Å². The highest BCUT2D eigenvalue weighted by Crippen LogP contribution is 2.15. The summed E-state index contributed by atoms with van der Waals surface area (Å²) in [4.78, 5) is 13.3. The number of anilines is 1. The molecule has 0 saturated heterocycles. The zero-order chi connectivity index (χ0) is 13.0. The molecule has 3 N–H and O–H groups in total. The van der Waals surface area contributed by atoms with Crippen molar-refractivity contribution in [3.8, 4) is 0 Å². The number of benzene rings is 1. The second kappa shape index (κ2) is 5.37. The van der Waals surface area contributed by atoms with Crippen LogP contribution in [0.25, 0.3) is 0 Å². The number of hydrogen-bond donors (Lipinski definition) is 2. The van der Waals surface area contributed by atoms with Gasteiger partial charge in [-0.05, 0) is 10.8 Å². The van der Waals surface area contributed by atoms with Crippen LogP contribution in [-0.4, -0.2) is 32.7 Å². The second-order valence-electron chi connectivity index (χ2n) is 3.79. The third kappa shape index (κ3) is 2.69. The number of carbonyl (C=O) groups excluding carboxylic acids is 1. The van der Waals surface area contributed by atoms with Crippen molar-refractivity contribution in [3.05, 3.63) is 35.9 Å². The maximum atomic E-state index is 12.0. The molecule has 7 nitrogen and oxygen atoms in total. The van der Waals surface area contributed by atoms with Crippen molar-refractivity contribution in [2.24, 2.45) is 12.8 Å². The minimum Gasteiger partial charge on any atom is -0.329 e. The normalized spacial score (nSPS) is 12.1. The number of carbonyl (C=O) groups is 1. The fourth-order valence-corrected chi connectivity index (χ4v) is 1.61. The van der Waals surface area contributed by atoms with Gasteiger partial charge in [-0.3, -0.25) is 10.1 Å². The molecule has 0 spiro atoms. The molecule has 0 aliphatic rings. The third-order valence-electron chi connectivity index (χ3n) is 2.50. The molecule has 0 aliphatic heterocycles. The summed E-state index contributed by atoms with van der Waals surface area (Å²) >= 11 is 0. The van der Waals surface area contributed by atoms with Crippen molar-refractivity contribution in [2.75, 3.05) is 11.9 Å². The summed E-state index contributed by atoms with van der Waals surface area (Å²) in [6, 6.07) is 9.35. The molecule has 2 aromatic rings. The van der Waals surface area contributed by atoms with E-state index in [1.165, 1.54) is 4.80 Å². The molecule has 1 heterocycles. The number of nitrogens with zero attached hydrogens (tertiary/aromatic N) is 4. The number of rotatable bonds is 4. The Hall–Kier alpha value is -2.28. The first-order chi connectivity index (χ1) is 8.70. The molecule has 0 radical (unpaired) electrons. The van der Waals surface area contributed by atoms with Gasteiger partial charge in [0, 0.05) is 6.54 Å². The highest BCUT2D eigenvalue weighted by molar-refractivity contribution is 5.94. The minimum absolute atomic E-state index is 0.178. The van der Waals surface area contributed by atoms with Crippen LogP contribution in [-0.2, 0) is 11.8 Å². The van der Waals surface area contributed by atoms with E-state index < -0.39 is 5.92 Å². The van der Waals surface area contributed by atoms with Gasteiger partial charge in [0.25, 0.3) is 5.95 Å². The van der Waals surface area contributed by atoms with Gasteiger partial charge in [0.05, 0.1) is 13.0 Å². The van der Waals surface area contributed by atoms with Crippen molar-refractivity contribution in [1.29, 1.82) is 0 Å². The van der Waals surface area contributed by atoms with Crippen molar-refractivity contribution < 1.29 is 4.79 Å². The number of tetrazole rings is 1. The van der Waals surface area contributed by atoms with Crippen molar-refractivity contribution >= 4 is 11.9 Å². The fourth-order valence-electron chi connectivity index (χ4n) is 1.61. The van der Waals surface area contributed by atoms with Crippen LogP contribution in [0.4, 0.5) is 5.95 Å². The van der Waals surface area contributed by atoms with Crippen LogP contribution in [0.1, 0.15) is 11.5 Å². The van der Waals surface area contributed by atoms with E-state index in [2.05, 4.69) is 20.7 Å². The van der Waals surface area contributed by atoms with E-state index in [9.17, 15) is 4.79 Å². The molecule has 94 valence electrons. The molecule has 2 rings (SSSR count). The predicted octanol–water partition coefficient (Wildman–Crippen LogP) is -0.109. The topological polar surface area (TPSA) is 98.7 Å². The number of aryl methyl sites for hydroxylation is 1. The molecule has 7 heteroatoms. The van der Waals surface area contributed by atoms with E-state index in [-0.39, 0.29) is 18.4 Å². The van der Waals surface area contributed by atoms with Gasteiger partial charge in [-0.25, -0.2) is 0 Å². The van der Waals surface area contributed by atoms with Gasteiger partial charge in [-0.15, -0.1) is 5.10 Å². The molecule has 1 aromatic carbocycles. The summed E-state index contributed by atoms with van der Waals surface area (Å²) in [5.74, 6) is -0.483. The Labute approximate surface area is 104 Å². The molecule has 0 saturated carbocycles. The summed E-state index contributed by atoms with van der Waals surface area (Å²) < 4.78 is 0. The Balaban J connectivity index is 2.11. The van der Waals surface area contributed by atoms with E-state index in [1.54, 1.807) is 7.05 Å². The van der Waals surface area contributed by atoms with Gasteiger partial charge in [0.15, 0.2) is 0 Å². The highest BCUT2D eigenvalue weighted by atomic mass is 16.2. The zero-order valence-electron chi connectivity index (χ0n) is 9.95. The van der Waals surface area contributed by atoms with Crippen LogP contribution in [0.2, 0.25) is 0 Å². The maximum Gasteiger partial charge on any atom is 0.270 e. The summed E-state index contributed by atoms with van der Waals surface area (Å²) in [6.45, 7) is 0.218. The Bertz CT molecular complexity index is 523. The summed E-state index contributed by atoms with van der Waals surface area (Å²) in [5, 5.41) is 13.8. The molecule has 1 amide bonds. The van der Waals surface area contributed by atoms with E-state index in [0.29, 0.717) is 0 Å². The maximum absolute atomic E-state index is 12.0. The molecule has 0 fully saturated rings. The average molecular weight is 246 g/mol. The summed E-state index contributed by atoms with van der Waals surface area (Å²) in [5.41, 5.74) is 6.50. The van der Waals surface area contributed by atoms with Gasteiger partial charge in [0.1, 0.15) is 0 Å². The van der Waals surface area contributed by atoms with Crippen LogP contribution in [0.3, 0.4) is 0 Å². The molecule has 1 unspecified atom stereocenters. The smallest absolute Gasteiger partial charge is 0.270 e. The second-order valence-corrected chi connectivity index (χ2v) is 3.79. The summed E-state index contributed by atoms with van der Waals surface area (Å²) in [7, 11) is 1.63. The monoisotopic (exact) mass is 246 g/mol. The van der Waals surface area contributed by atoms with Crippen molar-refractivity contribution in [1.82, 2.24) is 20.2 Å². The number of aromatic nitrogens is 4. The van der Waals surface area contributed by atoms with Crippen LogP contribution in [0.15, 0.2) is 30.3 Å². The number of hydrogen-bond acceptors (Lipinski definition) is 5. The highest BCUT2D eigenvalue weighted by Gasteiger charge is 2.20. The third-order valence-corrected chi connectivity index (χ3v) is 2.50. The number of amides is 1. The van der Waals surface area contributed by atoms with Crippen molar-refractivity contribution in [2.45, 2.75) is 5.92 Å². The SMILES string of the molecule is Cn1nnc(NC(=O)C(CN)c2ccccc2)n1. The lowest BCUT2D eigenvalue weighted by Gasteiger charge is -2.13. The van der Waals surface area contributed by atoms with Gasteiger partial charge in [0.2, 0.25) is 5.91 Å². The quantitative estimate of drug-likeness (QED) is 0.784. The Morgan fingerprint density at radius 2 is 2.17 bits per heavy atom. The fraction of sp³-hybridized carbons (Fsp3) is 0.273. The van der Waals surface area contributed by atoms with E-state index >= 15 is 0 Å². The van der Waals surface area contributed by atoms with E-state index in [4.69, 9.17) is 5.73 Å². The lowest BCUT2D eigenvalue weighted by molar-refractivity contribution is -0.117. The number of nitrogens with two attached hydrogens (primary N) is 1. The molecule has 0 bridgehead atoms. The lowest BCUT2D eigenvalue weighted by Crippen LogP contribution is -2.27. The van der Waals surface area contributed by atoms with E-state index in [0.717, 1.165) is 5.56 Å². The van der Waals surface area contributed by atoms with Crippen LogP contribution >= 0.6 is 0 Å².